The number of rotatable bonds is 6. The van der Waals surface area contributed by atoms with Gasteiger partial charge in [-0.3, -0.25) is 9.59 Å². The van der Waals surface area contributed by atoms with E-state index in [1.165, 1.54) is 0 Å². The Balaban J connectivity index is 1.76. The van der Waals surface area contributed by atoms with Crippen LogP contribution in [0.25, 0.3) is 5.69 Å². The van der Waals surface area contributed by atoms with Gasteiger partial charge in [0.15, 0.2) is 0 Å². The summed E-state index contributed by atoms with van der Waals surface area (Å²) in [5.74, 6) is -1.29. The SMILES string of the molecule is O=C(O)CC(NC(=O)c1ccc(-n2cccn2)cc1)c1ccccc1. The van der Waals surface area contributed by atoms with Crippen molar-refractivity contribution in [2.24, 2.45) is 0 Å². The molecule has 2 aromatic carbocycles. The molecule has 1 unspecified atom stereocenters. The summed E-state index contributed by atoms with van der Waals surface area (Å²) in [4.78, 5) is 23.6. The van der Waals surface area contributed by atoms with Crippen LogP contribution in [0, 0.1) is 0 Å². The first kappa shape index (κ1) is 16.4. The van der Waals surface area contributed by atoms with Crippen molar-refractivity contribution < 1.29 is 14.7 Å². The molecule has 3 rings (SSSR count). The predicted octanol–water partition coefficient (Wildman–Crippen LogP) is 2.82. The van der Waals surface area contributed by atoms with Crippen molar-refractivity contribution in [2.75, 3.05) is 0 Å². The molecule has 0 aliphatic heterocycles. The van der Waals surface area contributed by atoms with Gasteiger partial charge < -0.3 is 10.4 Å². The van der Waals surface area contributed by atoms with Crippen LogP contribution < -0.4 is 5.32 Å². The molecule has 25 heavy (non-hydrogen) atoms. The quantitative estimate of drug-likeness (QED) is 0.725. The number of carboxylic acids is 1. The minimum atomic E-state index is -0.969. The number of nitrogens with zero attached hydrogens (tertiary/aromatic N) is 2. The molecule has 0 fully saturated rings. The summed E-state index contributed by atoms with van der Waals surface area (Å²) < 4.78 is 1.69. The predicted molar refractivity (Wildman–Crippen MR) is 92.5 cm³/mol. The number of aliphatic carboxylic acids is 1. The molecule has 0 radical (unpaired) electrons. The highest BCUT2D eigenvalue weighted by Crippen LogP contribution is 2.18. The lowest BCUT2D eigenvalue weighted by Gasteiger charge is -2.17. The first-order chi connectivity index (χ1) is 12.1. The lowest BCUT2D eigenvalue weighted by Crippen LogP contribution is -2.30. The minimum absolute atomic E-state index is 0.179. The van der Waals surface area contributed by atoms with Gasteiger partial charge in [0.05, 0.1) is 18.2 Å². The van der Waals surface area contributed by atoms with Crippen LogP contribution >= 0.6 is 0 Å². The molecule has 6 heteroatoms. The molecule has 2 N–H and O–H groups in total. The van der Waals surface area contributed by atoms with Crippen LogP contribution in [0.5, 0.6) is 0 Å². The number of carboxylic acid groups (broad SMARTS) is 1. The Hall–Kier alpha value is -3.41. The molecule has 1 atom stereocenters. The first-order valence-corrected chi connectivity index (χ1v) is 7.81. The summed E-state index contributed by atoms with van der Waals surface area (Å²) in [6.45, 7) is 0. The Bertz CT molecular complexity index is 843. The van der Waals surface area contributed by atoms with Gasteiger partial charge in [-0.2, -0.15) is 5.10 Å². The zero-order valence-electron chi connectivity index (χ0n) is 13.4. The van der Waals surface area contributed by atoms with Crippen molar-refractivity contribution in [1.29, 1.82) is 0 Å². The Morgan fingerprint density at radius 2 is 1.76 bits per heavy atom. The minimum Gasteiger partial charge on any atom is -0.481 e. The maximum Gasteiger partial charge on any atom is 0.305 e. The number of benzene rings is 2. The van der Waals surface area contributed by atoms with E-state index in [0.29, 0.717) is 5.56 Å². The molecule has 0 saturated carbocycles. The van der Waals surface area contributed by atoms with Gasteiger partial charge in [-0.1, -0.05) is 30.3 Å². The fourth-order valence-electron chi connectivity index (χ4n) is 2.54. The standard InChI is InChI=1S/C19H17N3O3/c23-18(24)13-17(14-5-2-1-3-6-14)21-19(25)15-7-9-16(10-8-15)22-12-4-11-20-22/h1-12,17H,13H2,(H,21,25)(H,23,24). The molecule has 0 bridgehead atoms. The van der Waals surface area contributed by atoms with Crippen LogP contribution in [0.4, 0.5) is 0 Å². The Morgan fingerprint density at radius 1 is 1.04 bits per heavy atom. The molecular formula is C19H17N3O3. The smallest absolute Gasteiger partial charge is 0.305 e. The monoisotopic (exact) mass is 335 g/mol. The van der Waals surface area contributed by atoms with Gasteiger partial charge in [-0.25, -0.2) is 4.68 Å². The Morgan fingerprint density at radius 3 is 2.36 bits per heavy atom. The van der Waals surface area contributed by atoms with Crippen LogP contribution in [-0.4, -0.2) is 26.8 Å². The topological polar surface area (TPSA) is 84.2 Å². The number of carbonyl (C=O) groups is 2. The molecule has 1 heterocycles. The molecule has 0 saturated heterocycles. The van der Waals surface area contributed by atoms with Gasteiger partial charge >= 0.3 is 5.97 Å². The van der Waals surface area contributed by atoms with Crippen LogP contribution in [-0.2, 0) is 4.79 Å². The summed E-state index contributed by atoms with van der Waals surface area (Å²) in [5, 5.41) is 16.0. The molecule has 0 aliphatic carbocycles. The van der Waals surface area contributed by atoms with E-state index < -0.39 is 12.0 Å². The lowest BCUT2D eigenvalue weighted by molar-refractivity contribution is -0.137. The second kappa shape index (κ2) is 7.44. The first-order valence-electron chi connectivity index (χ1n) is 7.81. The van der Waals surface area contributed by atoms with Crippen LogP contribution in [0.2, 0.25) is 0 Å². The van der Waals surface area contributed by atoms with Gasteiger partial charge in [0, 0.05) is 18.0 Å². The van der Waals surface area contributed by atoms with Gasteiger partial charge in [0.2, 0.25) is 0 Å². The van der Waals surface area contributed by atoms with E-state index in [9.17, 15) is 9.59 Å². The van der Waals surface area contributed by atoms with Crippen LogP contribution in [0.1, 0.15) is 28.4 Å². The number of carbonyl (C=O) groups excluding carboxylic acids is 1. The van der Waals surface area contributed by atoms with E-state index in [-0.39, 0.29) is 12.3 Å². The van der Waals surface area contributed by atoms with Crippen molar-refractivity contribution in [3.63, 3.8) is 0 Å². The molecule has 0 spiro atoms. The van der Waals surface area contributed by atoms with E-state index in [0.717, 1.165) is 11.3 Å². The summed E-state index contributed by atoms with van der Waals surface area (Å²) >= 11 is 0. The second-order valence-corrected chi connectivity index (χ2v) is 5.53. The number of aromatic nitrogens is 2. The van der Waals surface area contributed by atoms with Crippen molar-refractivity contribution >= 4 is 11.9 Å². The van der Waals surface area contributed by atoms with Crippen molar-refractivity contribution in [3.05, 3.63) is 84.2 Å². The van der Waals surface area contributed by atoms with Crippen molar-refractivity contribution in [3.8, 4) is 5.69 Å². The number of hydrogen-bond acceptors (Lipinski definition) is 3. The lowest BCUT2D eigenvalue weighted by atomic mass is 10.0. The Kier molecular flexibility index (Phi) is 4.89. The number of amides is 1. The van der Waals surface area contributed by atoms with Gasteiger partial charge in [0.1, 0.15) is 0 Å². The molecule has 6 nitrogen and oxygen atoms in total. The third-order valence-corrected chi connectivity index (χ3v) is 3.78. The molecule has 1 amide bonds. The molecule has 0 aliphatic rings. The highest BCUT2D eigenvalue weighted by molar-refractivity contribution is 5.94. The largest absolute Gasteiger partial charge is 0.481 e. The van der Waals surface area contributed by atoms with Crippen molar-refractivity contribution in [1.82, 2.24) is 15.1 Å². The zero-order valence-corrected chi connectivity index (χ0v) is 13.4. The molecule has 1 aromatic heterocycles. The van der Waals surface area contributed by atoms with E-state index in [4.69, 9.17) is 5.11 Å². The average Bonchev–Trinajstić information content (AvgIpc) is 3.16. The Labute approximate surface area is 144 Å². The summed E-state index contributed by atoms with van der Waals surface area (Å²) in [6, 6.07) is 17.3. The summed E-state index contributed by atoms with van der Waals surface area (Å²) in [6.07, 6.45) is 3.31. The molecular weight excluding hydrogens is 318 g/mol. The number of nitrogens with one attached hydrogen (secondary N) is 1. The maximum atomic E-state index is 12.5. The fourth-order valence-corrected chi connectivity index (χ4v) is 2.54. The average molecular weight is 335 g/mol. The summed E-state index contributed by atoms with van der Waals surface area (Å²) in [7, 11) is 0. The van der Waals surface area contributed by atoms with Gasteiger partial charge in [-0.05, 0) is 35.9 Å². The van der Waals surface area contributed by atoms with Crippen molar-refractivity contribution in [2.45, 2.75) is 12.5 Å². The van der Waals surface area contributed by atoms with E-state index in [2.05, 4.69) is 10.4 Å². The normalized spacial score (nSPS) is 11.7. The van der Waals surface area contributed by atoms with E-state index in [1.54, 1.807) is 47.3 Å². The molecule has 126 valence electrons. The third-order valence-electron chi connectivity index (χ3n) is 3.78. The van der Waals surface area contributed by atoms with E-state index in [1.807, 2.05) is 30.5 Å². The maximum absolute atomic E-state index is 12.5. The third kappa shape index (κ3) is 4.11. The number of hydrogen-bond donors (Lipinski definition) is 2. The van der Waals surface area contributed by atoms with Crippen LogP contribution in [0.15, 0.2) is 73.1 Å². The highest BCUT2D eigenvalue weighted by Gasteiger charge is 2.18. The van der Waals surface area contributed by atoms with Gasteiger partial charge in [-0.15, -0.1) is 0 Å². The zero-order chi connectivity index (χ0) is 17.6. The van der Waals surface area contributed by atoms with Gasteiger partial charge in [0.25, 0.3) is 5.91 Å². The fraction of sp³-hybridized carbons (Fsp3) is 0.105. The van der Waals surface area contributed by atoms with E-state index >= 15 is 0 Å². The summed E-state index contributed by atoms with van der Waals surface area (Å²) in [5.41, 5.74) is 2.06. The highest BCUT2D eigenvalue weighted by atomic mass is 16.4. The second-order valence-electron chi connectivity index (χ2n) is 5.53. The van der Waals surface area contributed by atoms with Crippen LogP contribution in [0.3, 0.4) is 0 Å². The molecule has 3 aromatic rings.